The van der Waals surface area contributed by atoms with Crippen molar-refractivity contribution in [3.8, 4) is 0 Å². The van der Waals surface area contributed by atoms with Gasteiger partial charge in [0.1, 0.15) is 24.7 Å². The highest BCUT2D eigenvalue weighted by molar-refractivity contribution is 5.92. The maximum Gasteiger partial charge on any atom is 0.322 e. The van der Waals surface area contributed by atoms with E-state index in [9.17, 15) is 28.8 Å². The van der Waals surface area contributed by atoms with E-state index in [2.05, 4.69) is 26.6 Å². The molecule has 0 bridgehead atoms. The molecule has 8 N–H and O–H groups in total. The Morgan fingerprint density at radius 3 is 1.88 bits per heavy atom. The molecule has 0 radical (unpaired) electrons. The van der Waals surface area contributed by atoms with Crippen LogP contribution in [0.3, 0.4) is 0 Å². The van der Waals surface area contributed by atoms with Crippen molar-refractivity contribution in [2.75, 3.05) is 13.1 Å². The lowest BCUT2D eigenvalue weighted by Gasteiger charge is -2.24. The Morgan fingerprint density at radius 2 is 1.41 bits per heavy atom. The van der Waals surface area contributed by atoms with E-state index in [4.69, 9.17) is 10.8 Å². The average molecular weight is 579 g/mol. The summed E-state index contributed by atoms with van der Waals surface area (Å²) in [5, 5.41) is 21.3. The molecule has 1 aromatic carbocycles. The summed E-state index contributed by atoms with van der Waals surface area (Å²) in [6.07, 6.45) is 1.52. The summed E-state index contributed by atoms with van der Waals surface area (Å²) in [6.45, 7) is 10.8. The van der Waals surface area contributed by atoms with Crippen LogP contribution < -0.4 is 32.3 Å². The Kier molecular flexibility index (Phi) is 18.0. The monoisotopic (exact) mass is 578 g/mol. The predicted molar refractivity (Wildman–Crippen MR) is 154 cm³/mol. The number of carbonyl (C=O) groups is 6. The summed E-state index contributed by atoms with van der Waals surface area (Å²) in [7, 11) is 0. The van der Waals surface area contributed by atoms with Crippen molar-refractivity contribution < 1.29 is 33.9 Å². The molecule has 0 aliphatic carbocycles. The third-order valence-corrected chi connectivity index (χ3v) is 6.09. The molecule has 5 unspecified atom stereocenters. The highest BCUT2D eigenvalue weighted by Crippen LogP contribution is 2.08. The highest BCUT2D eigenvalue weighted by Gasteiger charge is 2.28. The minimum Gasteiger partial charge on any atom is -0.480 e. The van der Waals surface area contributed by atoms with Gasteiger partial charge in [-0.05, 0) is 31.2 Å². The minimum absolute atomic E-state index is 0.0919. The molecule has 0 fully saturated rings. The van der Waals surface area contributed by atoms with Crippen LogP contribution in [0.1, 0.15) is 53.5 Å². The first kappa shape index (κ1) is 37.0. The Morgan fingerprint density at radius 1 is 0.854 bits per heavy atom. The Bertz CT molecular complexity index is 987. The first-order chi connectivity index (χ1) is 19.3. The molecular formula is C28H46N6O7. The molecule has 0 aliphatic rings. The zero-order chi connectivity index (χ0) is 31.5. The number of nitrogens with one attached hydrogen (secondary N) is 5. The number of aliphatic carboxylic acids is 1. The van der Waals surface area contributed by atoms with Crippen molar-refractivity contribution in [3.63, 3.8) is 0 Å². The van der Waals surface area contributed by atoms with Gasteiger partial charge in [0.15, 0.2) is 0 Å². The van der Waals surface area contributed by atoms with E-state index in [-0.39, 0.29) is 30.1 Å². The summed E-state index contributed by atoms with van der Waals surface area (Å²) >= 11 is 0. The quantitative estimate of drug-likeness (QED) is 0.129. The lowest BCUT2D eigenvalue weighted by Crippen LogP contribution is -2.55. The van der Waals surface area contributed by atoms with Crippen LogP contribution in [0.2, 0.25) is 0 Å². The number of carboxylic acids is 1. The molecule has 5 atom stereocenters. The van der Waals surface area contributed by atoms with Crippen LogP contribution in [0.5, 0.6) is 0 Å². The molecule has 5 amide bonds. The summed E-state index contributed by atoms with van der Waals surface area (Å²) in [5.41, 5.74) is 6.31. The fraction of sp³-hybridized carbons (Fsp3) is 0.571. The highest BCUT2D eigenvalue weighted by atomic mass is 16.4. The van der Waals surface area contributed by atoms with E-state index in [0.29, 0.717) is 13.0 Å². The van der Waals surface area contributed by atoms with Gasteiger partial charge in [-0.25, -0.2) is 0 Å². The summed E-state index contributed by atoms with van der Waals surface area (Å²) in [5.74, 6) is -2.88. The van der Waals surface area contributed by atoms with Crippen LogP contribution in [0.4, 0.5) is 0 Å². The molecule has 0 aromatic heterocycles. The molecule has 230 valence electrons. The number of likely N-dealkylation sites (N-methyl/N-ethyl adjacent to an activating group) is 1. The average Bonchev–Trinajstić information content (AvgIpc) is 2.93. The van der Waals surface area contributed by atoms with Gasteiger partial charge in [-0.2, -0.15) is 0 Å². The second-order valence-corrected chi connectivity index (χ2v) is 9.92. The van der Waals surface area contributed by atoms with E-state index in [1.165, 1.54) is 0 Å². The predicted octanol–water partition coefficient (Wildman–Crippen LogP) is -0.314. The number of carboxylic acid groups (broad SMARTS) is 1. The van der Waals surface area contributed by atoms with Crippen LogP contribution in [-0.2, 0) is 35.2 Å². The van der Waals surface area contributed by atoms with Gasteiger partial charge in [0.25, 0.3) is 0 Å². The smallest absolute Gasteiger partial charge is 0.322 e. The summed E-state index contributed by atoms with van der Waals surface area (Å²) < 4.78 is 0. The molecule has 13 nitrogen and oxygen atoms in total. The van der Waals surface area contributed by atoms with Crippen LogP contribution in [0.25, 0.3) is 0 Å². The van der Waals surface area contributed by atoms with Gasteiger partial charge in [-0.3, -0.25) is 28.8 Å². The molecule has 0 heterocycles. The standard InChI is InChI=1S/C17H23N3O5.C11H23N3O2/c1-11(2)15(17(25)18-9-14(22)23)20-16(24)13(19-10-21)8-12-6-4-3-5-7-12;1-5-7(3)9(11(16)13-6-2)14-10(15)8(4)12/h3-7,10-11,13,15H,8-9H2,1-2H3,(H,18,25)(H,19,21)(H,20,24)(H,22,23);7-9H,5-6,12H2,1-4H3,(H,13,16)(H,14,15). The van der Waals surface area contributed by atoms with Gasteiger partial charge < -0.3 is 37.4 Å². The maximum absolute atomic E-state index is 12.5. The zero-order valence-corrected chi connectivity index (χ0v) is 24.7. The number of benzene rings is 1. The molecule has 0 spiro atoms. The van der Waals surface area contributed by atoms with Crippen molar-refractivity contribution in [2.45, 2.75) is 78.6 Å². The fourth-order valence-corrected chi connectivity index (χ4v) is 3.49. The molecule has 13 heteroatoms. The largest absolute Gasteiger partial charge is 0.480 e. The van der Waals surface area contributed by atoms with Crippen molar-refractivity contribution in [1.29, 1.82) is 0 Å². The minimum atomic E-state index is -1.17. The first-order valence-electron chi connectivity index (χ1n) is 13.7. The molecule has 0 saturated carbocycles. The second kappa shape index (κ2) is 20.0. The molecule has 0 saturated heterocycles. The third-order valence-electron chi connectivity index (χ3n) is 6.09. The Labute approximate surface area is 241 Å². The van der Waals surface area contributed by atoms with Gasteiger partial charge >= 0.3 is 5.97 Å². The number of hydrogen-bond donors (Lipinski definition) is 7. The molecule has 1 rings (SSSR count). The van der Waals surface area contributed by atoms with Crippen LogP contribution >= 0.6 is 0 Å². The van der Waals surface area contributed by atoms with Crippen molar-refractivity contribution >= 4 is 36.0 Å². The lowest BCUT2D eigenvalue weighted by atomic mass is 9.98. The maximum atomic E-state index is 12.5. The van der Waals surface area contributed by atoms with E-state index >= 15 is 0 Å². The first-order valence-corrected chi connectivity index (χ1v) is 13.7. The molecule has 0 aliphatic heterocycles. The van der Waals surface area contributed by atoms with Crippen LogP contribution in [0, 0.1) is 11.8 Å². The van der Waals surface area contributed by atoms with Crippen LogP contribution in [-0.4, -0.2) is 78.4 Å². The van der Waals surface area contributed by atoms with E-state index in [0.717, 1.165) is 12.0 Å². The van der Waals surface area contributed by atoms with Gasteiger partial charge in [0.2, 0.25) is 30.0 Å². The number of rotatable bonds is 16. The third kappa shape index (κ3) is 14.8. The topological polar surface area (TPSA) is 209 Å². The van der Waals surface area contributed by atoms with E-state index in [1.54, 1.807) is 20.8 Å². The number of hydrogen-bond acceptors (Lipinski definition) is 7. The van der Waals surface area contributed by atoms with Gasteiger partial charge in [-0.15, -0.1) is 0 Å². The Hall–Kier alpha value is -4.00. The number of amides is 5. The van der Waals surface area contributed by atoms with Crippen LogP contribution in [0.15, 0.2) is 30.3 Å². The number of carbonyl (C=O) groups excluding carboxylic acids is 5. The van der Waals surface area contributed by atoms with E-state index < -0.39 is 48.5 Å². The van der Waals surface area contributed by atoms with Gasteiger partial charge in [-0.1, -0.05) is 64.4 Å². The second-order valence-electron chi connectivity index (χ2n) is 9.92. The van der Waals surface area contributed by atoms with Gasteiger partial charge in [0.05, 0.1) is 6.04 Å². The SMILES string of the molecule is CC(C)C(NC(=O)C(Cc1ccccc1)NC=O)C(=O)NCC(=O)O.CCNC(=O)C(NC(=O)C(C)N)C(C)CC. The fourth-order valence-electron chi connectivity index (χ4n) is 3.49. The van der Waals surface area contributed by atoms with E-state index in [1.807, 2.05) is 51.1 Å². The molecule has 41 heavy (non-hydrogen) atoms. The normalized spacial score (nSPS) is 14.0. The molecule has 1 aromatic rings. The van der Waals surface area contributed by atoms with Crippen molar-refractivity contribution in [3.05, 3.63) is 35.9 Å². The Balaban J connectivity index is 0.000000865. The van der Waals surface area contributed by atoms with Crippen molar-refractivity contribution in [1.82, 2.24) is 26.6 Å². The van der Waals surface area contributed by atoms with Crippen molar-refractivity contribution in [2.24, 2.45) is 17.6 Å². The lowest BCUT2D eigenvalue weighted by molar-refractivity contribution is -0.138. The molecular weight excluding hydrogens is 532 g/mol. The number of nitrogens with two attached hydrogens (primary N) is 1. The summed E-state index contributed by atoms with van der Waals surface area (Å²) in [6, 6.07) is 6.30. The zero-order valence-electron chi connectivity index (χ0n) is 24.7. The van der Waals surface area contributed by atoms with Gasteiger partial charge in [0, 0.05) is 13.0 Å². The summed E-state index contributed by atoms with van der Waals surface area (Å²) in [4.78, 5) is 69.1.